The zero-order valence-corrected chi connectivity index (χ0v) is 19.6. The molecule has 4 aromatic carbocycles. The van der Waals surface area contributed by atoms with E-state index in [0.29, 0.717) is 11.3 Å². The van der Waals surface area contributed by atoms with Crippen molar-refractivity contribution < 1.29 is 23.1 Å². The van der Waals surface area contributed by atoms with E-state index in [4.69, 9.17) is 4.74 Å². The van der Waals surface area contributed by atoms with Crippen molar-refractivity contribution in [1.82, 2.24) is 5.43 Å². The van der Waals surface area contributed by atoms with Crippen LogP contribution in [0, 0.1) is 0 Å². The Bertz CT molecular complexity index is 1490. The number of rotatable bonds is 8. The molecule has 0 heterocycles. The first-order chi connectivity index (χ1) is 16.9. The Hall–Kier alpha value is -4.37. The van der Waals surface area contributed by atoms with Crippen LogP contribution in [0.5, 0.6) is 11.5 Å². The molecule has 0 aliphatic carbocycles. The maximum Gasteiger partial charge on any atom is 0.264 e. The van der Waals surface area contributed by atoms with E-state index in [-0.39, 0.29) is 16.3 Å². The van der Waals surface area contributed by atoms with Crippen molar-refractivity contribution in [2.45, 2.75) is 4.90 Å². The van der Waals surface area contributed by atoms with E-state index in [1.807, 2.05) is 24.3 Å². The monoisotopic (exact) mass is 489 g/mol. The van der Waals surface area contributed by atoms with E-state index in [9.17, 15) is 18.3 Å². The molecule has 8 nitrogen and oxygen atoms in total. The first-order valence-electron chi connectivity index (χ1n) is 10.7. The normalized spacial score (nSPS) is 11.5. The van der Waals surface area contributed by atoms with Gasteiger partial charge in [0, 0.05) is 5.56 Å². The van der Waals surface area contributed by atoms with E-state index < -0.39 is 22.5 Å². The fourth-order valence-corrected chi connectivity index (χ4v) is 5.06. The zero-order valence-electron chi connectivity index (χ0n) is 18.8. The number of nitrogens with one attached hydrogen (secondary N) is 1. The summed E-state index contributed by atoms with van der Waals surface area (Å²) in [7, 11) is -2.67. The number of carbonyl (C=O) groups is 1. The number of nitrogens with zero attached hydrogens (tertiary/aromatic N) is 2. The number of para-hydroxylation sites is 2. The van der Waals surface area contributed by atoms with Crippen LogP contribution in [0.2, 0.25) is 0 Å². The maximum atomic E-state index is 13.4. The third-order valence-electron chi connectivity index (χ3n) is 5.30. The molecule has 0 unspecified atom stereocenters. The van der Waals surface area contributed by atoms with E-state index in [1.165, 1.54) is 25.5 Å². The Balaban J connectivity index is 1.62. The number of benzene rings is 4. The van der Waals surface area contributed by atoms with E-state index >= 15 is 0 Å². The topological polar surface area (TPSA) is 108 Å². The molecular formula is C26H23N3O5S. The Morgan fingerprint density at radius 3 is 2.43 bits per heavy atom. The summed E-state index contributed by atoms with van der Waals surface area (Å²) in [5.41, 5.74) is 3.00. The molecule has 0 aromatic heterocycles. The molecule has 4 rings (SSSR count). The van der Waals surface area contributed by atoms with Gasteiger partial charge in [-0.1, -0.05) is 60.7 Å². The predicted octanol–water partition coefficient (Wildman–Crippen LogP) is 3.90. The number of aromatic hydroxyl groups is 1. The highest BCUT2D eigenvalue weighted by molar-refractivity contribution is 7.92. The average molecular weight is 490 g/mol. The molecule has 2 N–H and O–H groups in total. The van der Waals surface area contributed by atoms with Gasteiger partial charge in [0.2, 0.25) is 0 Å². The van der Waals surface area contributed by atoms with Crippen LogP contribution in [0.4, 0.5) is 5.69 Å². The highest BCUT2D eigenvalue weighted by atomic mass is 32.2. The number of phenols is 1. The van der Waals surface area contributed by atoms with E-state index in [1.54, 1.807) is 54.6 Å². The van der Waals surface area contributed by atoms with Gasteiger partial charge in [-0.3, -0.25) is 9.10 Å². The third-order valence-corrected chi connectivity index (χ3v) is 7.08. The van der Waals surface area contributed by atoms with Gasteiger partial charge < -0.3 is 9.84 Å². The fraction of sp³-hybridized carbons (Fsp3) is 0.0769. The van der Waals surface area contributed by atoms with Crippen LogP contribution < -0.4 is 14.5 Å². The lowest BCUT2D eigenvalue weighted by atomic mass is 10.0. The lowest BCUT2D eigenvalue weighted by Gasteiger charge is -2.25. The summed E-state index contributed by atoms with van der Waals surface area (Å²) in [5.74, 6) is -0.376. The standard InChI is InChI=1S/C26H23N3O5S/c1-34-25-14-8-7-13-23(25)29(35(32,33)20-10-3-2-4-11-20)18-26(31)28-27-17-22-21-12-6-5-9-19(21)15-16-24(22)30/h2-17,30H,18H2,1H3,(H,28,31)/b27-17+. The van der Waals surface area contributed by atoms with Gasteiger partial charge in [0.1, 0.15) is 18.0 Å². The largest absolute Gasteiger partial charge is 0.507 e. The number of hydrogen-bond acceptors (Lipinski definition) is 6. The first kappa shape index (κ1) is 23.8. The Labute approximate surface area is 203 Å². The zero-order chi connectivity index (χ0) is 24.8. The molecule has 178 valence electrons. The number of ether oxygens (including phenoxy) is 1. The molecule has 0 fully saturated rings. The molecule has 0 atom stereocenters. The van der Waals surface area contributed by atoms with Gasteiger partial charge in [-0.2, -0.15) is 5.10 Å². The summed E-state index contributed by atoms with van der Waals surface area (Å²) in [6.45, 7) is -0.545. The third kappa shape index (κ3) is 5.10. The summed E-state index contributed by atoms with van der Waals surface area (Å²) in [6.07, 6.45) is 1.33. The first-order valence-corrected chi connectivity index (χ1v) is 12.1. The van der Waals surface area contributed by atoms with E-state index in [2.05, 4.69) is 10.5 Å². The van der Waals surface area contributed by atoms with E-state index in [0.717, 1.165) is 15.1 Å². The number of sulfonamides is 1. The number of amides is 1. The molecule has 0 saturated heterocycles. The van der Waals surface area contributed by atoms with Gasteiger partial charge >= 0.3 is 0 Å². The van der Waals surface area contributed by atoms with Crippen LogP contribution in [-0.4, -0.2) is 39.3 Å². The van der Waals surface area contributed by atoms with Crippen molar-refractivity contribution >= 4 is 38.6 Å². The lowest BCUT2D eigenvalue weighted by Crippen LogP contribution is -2.39. The SMILES string of the molecule is COc1ccccc1N(CC(=O)N/N=C/c1c(O)ccc2ccccc12)S(=O)(=O)c1ccccc1. The quantitative estimate of drug-likeness (QED) is 0.288. The van der Waals surface area contributed by atoms with Gasteiger partial charge in [0.15, 0.2) is 0 Å². The van der Waals surface area contributed by atoms with Gasteiger partial charge in [0.25, 0.3) is 15.9 Å². The fourth-order valence-electron chi connectivity index (χ4n) is 3.61. The minimum absolute atomic E-state index is 0.00371. The summed E-state index contributed by atoms with van der Waals surface area (Å²) in [5, 5.41) is 15.9. The highest BCUT2D eigenvalue weighted by Crippen LogP contribution is 2.32. The van der Waals surface area contributed by atoms with Crippen molar-refractivity contribution in [3.63, 3.8) is 0 Å². The molecule has 0 aliphatic rings. The second-order valence-corrected chi connectivity index (χ2v) is 9.37. The minimum atomic E-state index is -4.09. The van der Waals surface area contributed by atoms with Crippen LogP contribution in [0.15, 0.2) is 101 Å². The number of carbonyl (C=O) groups excluding carboxylic acids is 1. The van der Waals surface area contributed by atoms with Crippen LogP contribution in [0.3, 0.4) is 0 Å². The number of hydrazone groups is 1. The van der Waals surface area contributed by atoms with Gasteiger partial charge in [-0.15, -0.1) is 0 Å². The van der Waals surface area contributed by atoms with Crippen molar-refractivity contribution in [1.29, 1.82) is 0 Å². The Morgan fingerprint density at radius 1 is 0.971 bits per heavy atom. The van der Waals surface area contributed by atoms with Crippen molar-refractivity contribution in [2.75, 3.05) is 18.0 Å². The number of phenolic OH excluding ortho intramolecular Hbond substituents is 1. The Kier molecular flexibility index (Phi) is 6.98. The number of anilines is 1. The van der Waals surface area contributed by atoms with Gasteiger partial charge in [-0.05, 0) is 41.1 Å². The molecule has 1 amide bonds. The maximum absolute atomic E-state index is 13.4. The Morgan fingerprint density at radius 2 is 1.66 bits per heavy atom. The number of methoxy groups -OCH3 is 1. The summed E-state index contributed by atoms with van der Waals surface area (Å²) >= 11 is 0. The van der Waals surface area contributed by atoms with Crippen LogP contribution in [-0.2, 0) is 14.8 Å². The van der Waals surface area contributed by atoms with Crippen LogP contribution in [0.1, 0.15) is 5.56 Å². The highest BCUT2D eigenvalue weighted by Gasteiger charge is 2.29. The summed E-state index contributed by atoms with van der Waals surface area (Å²) in [6, 6.07) is 25.1. The summed E-state index contributed by atoms with van der Waals surface area (Å²) < 4.78 is 33.2. The van der Waals surface area contributed by atoms with Crippen molar-refractivity contribution in [2.24, 2.45) is 5.10 Å². The molecule has 4 aromatic rings. The lowest BCUT2D eigenvalue weighted by molar-refractivity contribution is -0.119. The molecule has 9 heteroatoms. The van der Waals surface area contributed by atoms with Crippen molar-refractivity contribution in [3.8, 4) is 11.5 Å². The number of fused-ring (bicyclic) bond motifs is 1. The second kappa shape index (κ2) is 10.3. The minimum Gasteiger partial charge on any atom is -0.507 e. The van der Waals surface area contributed by atoms with Gasteiger partial charge in [-0.25, -0.2) is 13.8 Å². The average Bonchev–Trinajstić information content (AvgIpc) is 2.89. The molecule has 0 bridgehead atoms. The molecular weight excluding hydrogens is 466 g/mol. The molecule has 0 saturated carbocycles. The second-order valence-electron chi connectivity index (χ2n) is 7.51. The summed E-state index contributed by atoms with van der Waals surface area (Å²) in [4.78, 5) is 12.8. The molecule has 0 radical (unpaired) electrons. The van der Waals surface area contributed by atoms with Gasteiger partial charge in [0.05, 0.1) is 23.9 Å². The van der Waals surface area contributed by atoms with Crippen molar-refractivity contribution in [3.05, 3.63) is 96.6 Å². The molecule has 0 spiro atoms. The molecule has 0 aliphatic heterocycles. The smallest absolute Gasteiger partial charge is 0.264 e. The predicted molar refractivity (Wildman–Crippen MR) is 135 cm³/mol. The number of hydrogen-bond donors (Lipinski definition) is 2. The molecule has 35 heavy (non-hydrogen) atoms. The van der Waals surface area contributed by atoms with Crippen LogP contribution in [0.25, 0.3) is 10.8 Å². The van der Waals surface area contributed by atoms with Crippen LogP contribution >= 0.6 is 0 Å².